The van der Waals surface area contributed by atoms with Crippen molar-refractivity contribution in [2.75, 3.05) is 0 Å². The molecule has 100 valence electrons. The van der Waals surface area contributed by atoms with Gasteiger partial charge in [0.15, 0.2) is 0 Å². The third kappa shape index (κ3) is 3.76. The number of hydrogen-bond donors (Lipinski definition) is 1. The summed E-state index contributed by atoms with van der Waals surface area (Å²) in [7, 11) is 0. The Morgan fingerprint density at radius 2 is 1.63 bits per heavy atom. The van der Waals surface area contributed by atoms with Crippen LogP contribution in [0.2, 0.25) is 0 Å². The summed E-state index contributed by atoms with van der Waals surface area (Å²) >= 11 is 0. The number of nitrogens with zero attached hydrogens (tertiary/aromatic N) is 2. The molecule has 0 fully saturated rings. The Morgan fingerprint density at radius 1 is 1.00 bits per heavy atom. The van der Waals surface area contributed by atoms with Gasteiger partial charge in [-0.25, -0.2) is 0 Å². The van der Waals surface area contributed by atoms with Crippen LogP contribution in [0.3, 0.4) is 0 Å². The average molecular weight is 257 g/mol. The summed E-state index contributed by atoms with van der Waals surface area (Å²) in [5.74, 6) is 1.37. The van der Waals surface area contributed by atoms with E-state index in [1.165, 1.54) is 5.56 Å². The Balaban J connectivity index is 1.94. The van der Waals surface area contributed by atoms with Crippen LogP contribution < -0.4 is 10.5 Å². The van der Waals surface area contributed by atoms with Crippen molar-refractivity contribution in [1.82, 2.24) is 10.2 Å². The zero-order chi connectivity index (χ0) is 13.7. The van der Waals surface area contributed by atoms with Crippen LogP contribution in [0.4, 0.5) is 0 Å². The van der Waals surface area contributed by atoms with Crippen LogP contribution in [0.1, 0.15) is 36.7 Å². The SMILES string of the molecule is CC(C)c1ccc(OCc2ccc(CN)nn2)cc1. The van der Waals surface area contributed by atoms with E-state index in [2.05, 4.69) is 36.2 Å². The molecule has 0 spiro atoms. The van der Waals surface area contributed by atoms with Gasteiger partial charge >= 0.3 is 0 Å². The van der Waals surface area contributed by atoms with Gasteiger partial charge in [0.1, 0.15) is 18.1 Å². The molecular formula is C15H19N3O. The van der Waals surface area contributed by atoms with E-state index in [4.69, 9.17) is 10.5 Å². The van der Waals surface area contributed by atoms with Crippen LogP contribution in [0.5, 0.6) is 5.75 Å². The van der Waals surface area contributed by atoms with E-state index in [9.17, 15) is 0 Å². The Hall–Kier alpha value is -1.94. The lowest BCUT2D eigenvalue weighted by atomic mass is 10.0. The maximum absolute atomic E-state index is 5.67. The molecule has 0 aliphatic carbocycles. The summed E-state index contributed by atoms with van der Waals surface area (Å²) in [6.07, 6.45) is 0. The summed E-state index contributed by atoms with van der Waals surface area (Å²) in [6.45, 7) is 5.17. The first-order valence-electron chi connectivity index (χ1n) is 6.43. The van der Waals surface area contributed by atoms with Gasteiger partial charge in [-0.1, -0.05) is 26.0 Å². The molecule has 0 bridgehead atoms. The van der Waals surface area contributed by atoms with Gasteiger partial charge < -0.3 is 10.5 Å². The van der Waals surface area contributed by atoms with Crippen molar-refractivity contribution in [3.8, 4) is 5.75 Å². The molecule has 0 atom stereocenters. The van der Waals surface area contributed by atoms with Gasteiger partial charge in [-0.05, 0) is 35.7 Å². The highest BCUT2D eigenvalue weighted by atomic mass is 16.5. The van der Waals surface area contributed by atoms with Gasteiger partial charge in [0.2, 0.25) is 0 Å². The topological polar surface area (TPSA) is 61.0 Å². The molecule has 1 aromatic carbocycles. The molecule has 4 heteroatoms. The minimum atomic E-state index is 0.408. The van der Waals surface area contributed by atoms with Crippen molar-refractivity contribution in [1.29, 1.82) is 0 Å². The molecule has 2 N–H and O–H groups in total. The van der Waals surface area contributed by atoms with Crippen LogP contribution >= 0.6 is 0 Å². The molecule has 0 radical (unpaired) electrons. The van der Waals surface area contributed by atoms with Gasteiger partial charge in [0.05, 0.1) is 5.69 Å². The standard InChI is InChI=1S/C15H19N3O/c1-11(2)12-3-7-15(8-4-12)19-10-14-6-5-13(9-16)17-18-14/h3-8,11H,9-10,16H2,1-2H3. The third-order valence-electron chi connectivity index (χ3n) is 2.92. The van der Waals surface area contributed by atoms with E-state index in [1.54, 1.807) is 0 Å². The largest absolute Gasteiger partial charge is 0.487 e. The van der Waals surface area contributed by atoms with Crippen LogP contribution in [0.25, 0.3) is 0 Å². The van der Waals surface area contributed by atoms with E-state index in [1.807, 2.05) is 24.3 Å². The van der Waals surface area contributed by atoms with Gasteiger partial charge in [-0.3, -0.25) is 0 Å². The Labute approximate surface area is 113 Å². The molecule has 0 saturated heterocycles. The second-order valence-electron chi connectivity index (χ2n) is 4.73. The van der Waals surface area contributed by atoms with E-state index in [-0.39, 0.29) is 0 Å². The lowest BCUT2D eigenvalue weighted by Gasteiger charge is -2.08. The maximum Gasteiger partial charge on any atom is 0.132 e. The normalized spacial score (nSPS) is 10.7. The molecule has 0 aliphatic rings. The van der Waals surface area contributed by atoms with Crippen molar-refractivity contribution < 1.29 is 4.74 Å². The minimum Gasteiger partial charge on any atom is -0.487 e. The number of rotatable bonds is 5. The van der Waals surface area contributed by atoms with Crippen LogP contribution in [0.15, 0.2) is 36.4 Å². The van der Waals surface area contributed by atoms with Crippen LogP contribution in [0, 0.1) is 0 Å². The van der Waals surface area contributed by atoms with Gasteiger partial charge in [0, 0.05) is 6.54 Å². The van der Waals surface area contributed by atoms with Crippen molar-refractivity contribution in [2.45, 2.75) is 32.9 Å². The highest BCUT2D eigenvalue weighted by Crippen LogP contribution is 2.19. The first kappa shape index (κ1) is 13.5. The lowest BCUT2D eigenvalue weighted by molar-refractivity contribution is 0.299. The van der Waals surface area contributed by atoms with E-state index < -0.39 is 0 Å². The molecule has 1 heterocycles. The molecule has 0 unspecified atom stereocenters. The zero-order valence-corrected chi connectivity index (χ0v) is 11.3. The fraction of sp³-hybridized carbons (Fsp3) is 0.333. The zero-order valence-electron chi connectivity index (χ0n) is 11.3. The Morgan fingerprint density at radius 3 is 2.16 bits per heavy atom. The minimum absolute atomic E-state index is 0.408. The summed E-state index contributed by atoms with van der Waals surface area (Å²) in [5.41, 5.74) is 8.35. The fourth-order valence-electron chi connectivity index (χ4n) is 1.68. The van der Waals surface area contributed by atoms with Gasteiger partial charge in [0.25, 0.3) is 0 Å². The second kappa shape index (κ2) is 6.29. The molecule has 0 saturated carbocycles. The molecular weight excluding hydrogens is 238 g/mol. The monoisotopic (exact) mass is 257 g/mol. The first-order chi connectivity index (χ1) is 9.19. The van der Waals surface area contributed by atoms with Crippen LogP contribution in [-0.2, 0) is 13.2 Å². The third-order valence-corrected chi connectivity index (χ3v) is 2.92. The molecule has 0 amide bonds. The average Bonchev–Trinajstić information content (AvgIpc) is 2.46. The van der Waals surface area contributed by atoms with Crippen molar-refractivity contribution in [3.63, 3.8) is 0 Å². The predicted octanol–water partition coefficient (Wildman–Crippen LogP) is 2.64. The number of benzene rings is 1. The molecule has 0 aliphatic heterocycles. The lowest BCUT2D eigenvalue weighted by Crippen LogP contribution is -2.04. The highest BCUT2D eigenvalue weighted by molar-refractivity contribution is 5.29. The first-order valence-corrected chi connectivity index (χ1v) is 6.43. The number of nitrogens with two attached hydrogens (primary N) is 1. The summed E-state index contributed by atoms with van der Waals surface area (Å²) < 4.78 is 5.67. The molecule has 4 nitrogen and oxygen atoms in total. The highest BCUT2D eigenvalue weighted by Gasteiger charge is 2.01. The number of aromatic nitrogens is 2. The Kier molecular flexibility index (Phi) is 4.47. The molecule has 19 heavy (non-hydrogen) atoms. The van der Waals surface area contributed by atoms with E-state index in [0.29, 0.717) is 19.1 Å². The fourth-order valence-corrected chi connectivity index (χ4v) is 1.68. The number of ether oxygens (including phenoxy) is 1. The predicted molar refractivity (Wildman–Crippen MR) is 74.8 cm³/mol. The van der Waals surface area contributed by atoms with E-state index >= 15 is 0 Å². The maximum atomic E-state index is 5.67. The molecule has 2 aromatic rings. The summed E-state index contributed by atoms with van der Waals surface area (Å²) in [5, 5.41) is 8.05. The van der Waals surface area contributed by atoms with Crippen molar-refractivity contribution >= 4 is 0 Å². The Bertz CT molecular complexity index is 506. The smallest absolute Gasteiger partial charge is 0.132 e. The summed E-state index contributed by atoms with van der Waals surface area (Å²) in [4.78, 5) is 0. The molecule has 1 aromatic heterocycles. The van der Waals surface area contributed by atoms with E-state index in [0.717, 1.165) is 17.1 Å². The molecule has 2 rings (SSSR count). The quantitative estimate of drug-likeness (QED) is 0.894. The second-order valence-corrected chi connectivity index (χ2v) is 4.73. The van der Waals surface area contributed by atoms with Crippen LogP contribution in [-0.4, -0.2) is 10.2 Å². The number of hydrogen-bond acceptors (Lipinski definition) is 4. The van der Waals surface area contributed by atoms with Gasteiger partial charge in [-0.2, -0.15) is 10.2 Å². The summed E-state index contributed by atoms with van der Waals surface area (Å²) in [6, 6.07) is 11.9. The van der Waals surface area contributed by atoms with Crippen molar-refractivity contribution in [2.24, 2.45) is 5.73 Å². The van der Waals surface area contributed by atoms with Crippen molar-refractivity contribution in [3.05, 3.63) is 53.3 Å². The van der Waals surface area contributed by atoms with Gasteiger partial charge in [-0.15, -0.1) is 0 Å².